The van der Waals surface area contributed by atoms with E-state index >= 15 is 0 Å². The topological polar surface area (TPSA) is 33.1 Å². The van der Waals surface area contributed by atoms with E-state index in [-0.39, 0.29) is 28.8 Å². The lowest BCUT2D eigenvalue weighted by Crippen LogP contribution is -2.10. The summed E-state index contributed by atoms with van der Waals surface area (Å²) in [4.78, 5) is 4.15. The van der Waals surface area contributed by atoms with Crippen LogP contribution >= 0.6 is 11.6 Å². The first-order valence-corrected chi connectivity index (χ1v) is 7.31. The van der Waals surface area contributed by atoms with Gasteiger partial charge in [-0.05, 0) is 37.0 Å². The van der Waals surface area contributed by atoms with E-state index in [0.717, 1.165) is 18.9 Å². The van der Waals surface area contributed by atoms with Crippen molar-refractivity contribution in [3.63, 3.8) is 0 Å². The van der Waals surface area contributed by atoms with Gasteiger partial charge in [0.1, 0.15) is 23.1 Å². The molecule has 1 heterocycles. The second-order valence-electron chi connectivity index (χ2n) is 5.44. The van der Waals surface area contributed by atoms with Gasteiger partial charge in [-0.3, -0.25) is 0 Å². The van der Waals surface area contributed by atoms with Crippen LogP contribution in [0.25, 0.3) is 11.3 Å². The molecule has 1 aromatic heterocycles. The van der Waals surface area contributed by atoms with Crippen molar-refractivity contribution in [1.82, 2.24) is 4.98 Å². The van der Waals surface area contributed by atoms with E-state index in [1.54, 1.807) is 0 Å². The molecule has 2 nitrogen and oxygen atoms in total. The molecule has 116 valence electrons. The van der Waals surface area contributed by atoms with Crippen LogP contribution in [0, 0.1) is 23.4 Å². The highest BCUT2D eigenvalue weighted by Crippen LogP contribution is 2.42. The molecule has 3 rings (SSSR count). The molecule has 0 spiro atoms. The standard InChI is InChI=1S/C16H13ClF3NO/c17-11-5-9(13(19)6-14(11)20)16-12(18)3-4-15(21-16)10(7-22)8-1-2-8/h3-6,8,10,22H,1-2,7H2. The zero-order chi connectivity index (χ0) is 15.9. The number of nitrogens with zero attached hydrogens (tertiary/aromatic N) is 1. The van der Waals surface area contributed by atoms with Gasteiger partial charge >= 0.3 is 0 Å². The fourth-order valence-corrected chi connectivity index (χ4v) is 2.70. The molecule has 22 heavy (non-hydrogen) atoms. The van der Waals surface area contributed by atoms with Crippen LogP contribution in [0.1, 0.15) is 24.5 Å². The van der Waals surface area contributed by atoms with E-state index in [9.17, 15) is 18.3 Å². The third kappa shape index (κ3) is 2.83. The molecule has 0 amide bonds. The Hall–Kier alpha value is -1.59. The summed E-state index contributed by atoms with van der Waals surface area (Å²) in [5.74, 6) is -2.45. The zero-order valence-electron chi connectivity index (χ0n) is 11.5. The fraction of sp³-hybridized carbons (Fsp3) is 0.312. The van der Waals surface area contributed by atoms with Crippen molar-refractivity contribution < 1.29 is 18.3 Å². The zero-order valence-corrected chi connectivity index (χ0v) is 12.2. The van der Waals surface area contributed by atoms with Crippen LogP contribution in [0.4, 0.5) is 13.2 Å². The molecule has 1 aliphatic carbocycles. The number of hydrogen-bond acceptors (Lipinski definition) is 2. The van der Waals surface area contributed by atoms with Gasteiger partial charge in [-0.2, -0.15) is 0 Å². The Morgan fingerprint density at radius 2 is 1.86 bits per heavy atom. The molecule has 1 atom stereocenters. The van der Waals surface area contributed by atoms with Gasteiger partial charge in [0, 0.05) is 23.2 Å². The van der Waals surface area contributed by atoms with E-state index in [0.29, 0.717) is 17.7 Å². The van der Waals surface area contributed by atoms with Gasteiger partial charge in [-0.25, -0.2) is 18.2 Å². The summed E-state index contributed by atoms with van der Waals surface area (Å²) in [6, 6.07) is 4.29. The molecule has 6 heteroatoms. The molecule has 0 saturated heterocycles. The predicted octanol–water partition coefficient (Wildman–Crippen LogP) is 4.31. The number of pyridine rings is 1. The molecule has 1 unspecified atom stereocenters. The maximum absolute atomic E-state index is 14.0. The van der Waals surface area contributed by atoms with Crippen molar-refractivity contribution in [1.29, 1.82) is 0 Å². The van der Waals surface area contributed by atoms with Gasteiger partial charge < -0.3 is 5.11 Å². The normalized spacial score (nSPS) is 15.9. The minimum Gasteiger partial charge on any atom is -0.396 e. The Morgan fingerprint density at radius 1 is 1.14 bits per heavy atom. The molecule has 0 bridgehead atoms. The fourth-order valence-electron chi connectivity index (χ4n) is 2.54. The summed E-state index contributed by atoms with van der Waals surface area (Å²) in [5, 5.41) is 9.18. The maximum Gasteiger partial charge on any atom is 0.149 e. The Kier molecular flexibility index (Phi) is 4.10. The third-order valence-corrected chi connectivity index (χ3v) is 4.19. The van der Waals surface area contributed by atoms with Gasteiger partial charge in [0.05, 0.1) is 11.6 Å². The minimum absolute atomic E-state index is 0.102. The molecule has 2 aromatic rings. The minimum atomic E-state index is -0.933. The Balaban J connectivity index is 2.08. The van der Waals surface area contributed by atoms with Gasteiger partial charge in [0.2, 0.25) is 0 Å². The summed E-state index contributed by atoms with van der Waals surface area (Å²) < 4.78 is 41.2. The smallest absolute Gasteiger partial charge is 0.149 e. The van der Waals surface area contributed by atoms with Gasteiger partial charge in [-0.1, -0.05) is 11.6 Å². The van der Waals surface area contributed by atoms with Crippen LogP contribution in [-0.2, 0) is 0 Å². The highest BCUT2D eigenvalue weighted by Gasteiger charge is 2.33. The number of aromatic nitrogens is 1. The second kappa shape index (κ2) is 5.89. The molecule has 1 saturated carbocycles. The highest BCUT2D eigenvalue weighted by atomic mass is 35.5. The van der Waals surface area contributed by atoms with Crippen molar-refractivity contribution in [3.8, 4) is 11.3 Å². The number of halogens is 4. The quantitative estimate of drug-likeness (QED) is 0.849. The van der Waals surface area contributed by atoms with Crippen molar-refractivity contribution in [2.75, 3.05) is 6.61 Å². The van der Waals surface area contributed by atoms with Crippen molar-refractivity contribution in [2.45, 2.75) is 18.8 Å². The monoisotopic (exact) mass is 327 g/mol. The summed E-state index contributed by atoms with van der Waals surface area (Å²) in [7, 11) is 0. The maximum atomic E-state index is 14.0. The van der Waals surface area contributed by atoms with E-state index in [4.69, 9.17) is 11.6 Å². The first-order chi connectivity index (χ1) is 10.5. The number of hydrogen-bond donors (Lipinski definition) is 1. The first-order valence-electron chi connectivity index (χ1n) is 6.93. The van der Waals surface area contributed by atoms with Crippen molar-refractivity contribution in [2.24, 2.45) is 5.92 Å². The number of rotatable bonds is 4. The first kappa shape index (κ1) is 15.3. The van der Waals surface area contributed by atoms with Crippen LogP contribution < -0.4 is 0 Å². The highest BCUT2D eigenvalue weighted by molar-refractivity contribution is 6.31. The SMILES string of the molecule is OCC(c1ccc(F)c(-c2cc(Cl)c(F)cc2F)n1)C1CC1. The molecule has 1 aliphatic rings. The number of benzene rings is 1. The lowest BCUT2D eigenvalue weighted by atomic mass is 9.99. The average molecular weight is 328 g/mol. The Morgan fingerprint density at radius 3 is 2.50 bits per heavy atom. The summed E-state index contributed by atoms with van der Waals surface area (Å²) in [6.07, 6.45) is 1.96. The van der Waals surface area contributed by atoms with Crippen LogP contribution in [0.3, 0.4) is 0 Å². The third-order valence-electron chi connectivity index (χ3n) is 3.90. The molecular formula is C16H13ClF3NO. The van der Waals surface area contributed by atoms with Crippen LogP contribution in [-0.4, -0.2) is 16.7 Å². The number of aliphatic hydroxyl groups is 1. The molecular weight excluding hydrogens is 315 g/mol. The van der Waals surface area contributed by atoms with Gasteiger partial charge in [0.15, 0.2) is 0 Å². The Bertz CT molecular complexity index is 719. The number of aliphatic hydroxyl groups excluding tert-OH is 1. The van der Waals surface area contributed by atoms with Crippen LogP contribution in [0.2, 0.25) is 5.02 Å². The summed E-state index contributed by atoms with van der Waals surface area (Å²) in [5.41, 5.74) is 0.0792. The molecule has 1 aromatic carbocycles. The molecule has 0 radical (unpaired) electrons. The van der Waals surface area contributed by atoms with E-state index in [1.807, 2.05) is 0 Å². The molecule has 1 fully saturated rings. The lowest BCUT2D eigenvalue weighted by Gasteiger charge is -2.14. The van der Waals surface area contributed by atoms with Crippen LogP contribution in [0.15, 0.2) is 24.3 Å². The molecule has 0 aliphatic heterocycles. The second-order valence-corrected chi connectivity index (χ2v) is 5.85. The van der Waals surface area contributed by atoms with Gasteiger partial charge in [0.25, 0.3) is 0 Å². The average Bonchev–Trinajstić information content (AvgIpc) is 3.30. The molecule has 1 N–H and O–H groups in total. The predicted molar refractivity (Wildman–Crippen MR) is 77.1 cm³/mol. The lowest BCUT2D eigenvalue weighted by molar-refractivity contribution is 0.250. The van der Waals surface area contributed by atoms with Crippen LogP contribution in [0.5, 0.6) is 0 Å². The van der Waals surface area contributed by atoms with Gasteiger partial charge in [-0.15, -0.1) is 0 Å². The Labute approximate surface area is 130 Å². The van der Waals surface area contributed by atoms with Crippen molar-refractivity contribution in [3.05, 3.63) is 52.4 Å². The van der Waals surface area contributed by atoms with Crippen molar-refractivity contribution >= 4 is 11.6 Å². The van der Waals surface area contributed by atoms with E-state index < -0.39 is 17.5 Å². The summed E-state index contributed by atoms with van der Waals surface area (Å²) >= 11 is 5.65. The summed E-state index contributed by atoms with van der Waals surface area (Å²) in [6.45, 7) is -0.102. The van der Waals surface area contributed by atoms with E-state index in [1.165, 1.54) is 12.1 Å². The largest absolute Gasteiger partial charge is 0.396 e. The van der Waals surface area contributed by atoms with E-state index in [2.05, 4.69) is 4.98 Å².